The third-order valence-electron chi connectivity index (χ3n) is 2.48. The van der Waals surface area contributed by atoms with Gasteiger partial charge in [0.05, 0.1) is 6.21 Å². The van der Waals surface area contributed by atoms with Gasteiger partial charge in [-0.25, -0.2) is 0 Å². The van der Waals surface area contributed by atoms with Crippen LogP contribution in [0.15, 0.2) is 23.3 Å². The summed E-state index contributed by atoms with van der Waals surface area (Å²) in [6.45, 7) is 12.9. The van der Waals surface area contributed by atoms with Crippen LogP contribution >= 0.6 is 12.2 Å². The van der Waals surface area contributed by atoms with Crippen molar-refractivity contribution in [3.05, 3.63) is 34.9 Å². The van der Waals surface area contributed by atoms with Crippen molar-refractivity contribution in [3.8, 4) is 0 Å². The fraction of sp³-hybridized carbons (Fsp3) is 0.500. The molecule has 0 bridgehead atoms. The van der Waals surface area contributed by atoms with E-state index in [2.05, 4.69) is 68.6 Å². The first-order valence-electron chi connectivity index (χ1n) is 6.96. The van der Waals surface area contributed by atoms with Crippen molar-refractivity contribution in [2.75, 3.05) is 0 Å². The molecule has 4 heteroatoms. The molecular formula is C16H27N3S. The minimum Gasteiger partial charge on any atom is -0.375 e. The van der Waals surface area contributed by atoms with Gasteiger partial charge >= 0.3 is 0 Å². The Morgan fingerprint density at radius 2 is 1.95 bits per heavy atom. The van der Waals surface area contributed by atoms with Crippen LogP contribution in [0.1, 0.15) is 51.3 Å². The van der Waals surface area contributed by atoms with Crippen molar-refractivity contribution in [1.82, 2.24) is 5.43 Å². The smallest absolute Gasteiger partial charge is 0.184 e. The first kappa shape index (κ1) is 18.6. The van der Waals surface area contributed by atoms with Gasteiger partial charge in [0.25, 0.3) is 0 Å². The van der Waals surface area contributed by atoms with Gasteiger partial charge in [-0.3, -0.25) is 5.43 Å². The Balaban J connectivity index is 0.00000172. The molecule has 3 nitrogen and oxygen atoms in total. The standard InChI is InChI=1S/C14H21N3S.C2H6/c1-10-7-11(9-16-17-13(15)18)5-6-12(10)8-14(2,3)4;1-2/h5-7,9H,8H2,1-4H3,(H3,15,17,18);1-2H3/b16-9+;. The minimum absolute atomic E-state index is 0.173. The minimum atomic E-state index is 0.173. The van der Waals surface area contributed by atoms with Gasteiger partial charge in [-0.15, -0.1) is 0 Å². The lowest BCUT2D eigenvalue weighted by molar-refractivity contribution is 0.410. The molecule has 0 unspecified atom stereocenters. The Morgan fingerprint density at radius 3 is 2.40 bits per heavy atom. The molecule has 0 saturated heterocycles. The number of nitrogens with two attached hydrogens (primary N) is 1. The second-order valence-electron chi connectivity index (χ2n) is 5.66. The van der Waals surface area contributed by atoms with Crippen LogP contribution in [0.4, 0.5) is 0 Å². The fourth-order valence-corrected chi connectivity index (χ4v) is 1.79. The van der Waals surface area contributed by atoms with E-state index in [9.17, 15) is 0 Å². The second kappa shape index (κ2) is 8.69. The summed E-state index contributed by atoms with van der Waals surface area (Å²) in [6, 6.07) is 6.33. The lowest BCUT2D eigenvalue weighted by Crippen LogP contribution is -2.24. The number of aryl methyl sites for hydroxylation is 1. The maximum atomic E-state index is 5.29. The molecule has 0 aliphatic carbocycles. The third-order valence-corrected chi connectivity index (χ3v) is 2.57. The van der Waals surface area contributed by atoms with E-state index in [0.29, 0.717) is 5.41 Å². The third kappa shape index (κ3) is 7.89. The number of hydrazone groups is 1. The van der Waals surface area contributed by atoms with E-state index in [4.69, 9.17) is 5.73 Å². The molecule has 0 heterocycles. The van der Waals surface area contributed by atoms with Crippen LogP contribution in [0.2, 0.25) is 0 Å². The topological polar surface area (TPSA) is 50.4 Å². The monoisotopic (exact) mass is 293 g/mol. The number of benzene rings is 1. The lowest BCUT2D eigenvalue weighted by Gasteiger charge is -2.19. The second-order valence-corrected chi connectivity index (χ2v) is 6.10. The Bertz CT molecular complexity index is 459. The molecule has 112 valence electrons. The maximum Gasteiger partial charge on any atom is 0.184 e. The van der Waals surface area contributed by atoms with Crippen molar-refractivity contribution in [2.24, 2.45) is 16.3 Å². The van der Waals surface area contributed by atoms with Crippen molar-refractivity contribution >= 4 is 23.5 Å². The Kier molecular flexibility index (Phi) is 8.07. The summed E-state index contributed by atoms with van der Waals surface area (Å²) in [6.07, 6.45) is 2.79. The zero-order valence-electron chi connectivity index (χ0n) is 13.4. The van der Waals surface area contributed by atoms with Gasteiger partial charge in [0.15, 0.2) is 5.11 Å². The summed E-state index contributed by atoms with van der Waals surface area (Å²) in [5, 5.41) is 4.12. The van der Waals surface area contributed by atoms with Gasteiger partial charge in [-0.1, -0.05) is 52.8 Å². The van der Waals surface area contributed by atoms with E-state index in [1.165, 1.54) is 11.1 Å². The quantitative estimate of drug-likeness (QED) is 0.506. The molecule has 3 N–H and O–H groups in total. The summed E-state index contributed by atoms with van der Waals surface area (Å²) in [4.78, 5) is 0. The van der Waals surface area contributed by atoms with Gasteiger partial charge in [0.2, 0.25) is 0 Å². The van der Waals surface area contributed by atoms with Gasteiger partial charge in [-0.05, 0) is 47.7 Å². The predicted octanol–water partition coefficient (Wildman–Crippen LogP) is 3.78. The number of nitrogens with one attached hydrogen (secondary N) is 1. The van der Waals surface area contributed by atoms with Crippen LogP contribution < -0.4 is 11.2 Å². The molecule has 0 amide bonds. The molecule has 0 aliphatic rings. The SMILES string of the molecule is CC.Cc1cc(/C=N/NC(N)=S)ccc1CC(C)(C)C. The van der Waals surface area contributed by atoms with Crippen LogP contribution in [-0.4, -0.2) is 11.3 Å². The molecule has 1 aromatic rings. The zero-order chi connectivity index (χ0) is 15.8. The van der Waals surface area contributed by atoms with Crippen molar-refractivity contribution in [3.63, 3.8) is 0 Å². The molecule has 0 aromatic heterocycles. The molecule has 1 aromatic carbocycles. The predicted molar refractivity (Wildman–Crippen MR) is 93.2 cm³/mol. The molecule has 0 saturated carbocycles. The van der Waals surface area contributed by atoms with Crippen molar-refractivity contribution in [1.29, 1.82) is 0 Å². The molecule has 1 rings (SSSR count). The van der Waals surface area contributed by atoms with Crippen LogP contribution in [0.5, 0.6) is 0 Å². The van der Waals surface area contributed by atoms with Gasteiger partial charge in [-0.2, -0.15) is 5.10 Å². The summed E-state index contributed by atoms with van der Waals surface area (Å²) in [5.41, 5.74) is 11.8. The van der Waals surface area contributed by atoms with Crippen molar-refractivity contribution < 1.29 is 0 Å². The van der Waals surface area contributed by atoms with E-state index in [1.54, 1.807) is 6.21 Å². The Hall–Kier alpha value is -1.42. The first-order valence-corrected chi connectivity index (χ1v) is 7.37. The molecular weight excluding hydrogens is 266 g/mol. The van der Waals surface area contributed by atoms with Gasteiger partial charge in [0, 0.05) is 0 Å². The summed E-state index contributed by atoms with van der Waals surface area (Å²) in [5.74, 6) is 0. The highest BCUT2D eigenvalue weighted by Crippen LogP contribution is 2.23. The van der Waals surface area contributed by atoms with E-state index in [-0.39, 0.29) is 5.11 Å². The number of rotatable bonds is 3. The summed E-state index contributed by atoms with van der Waals surface area (Å²) >= 11 is 4.67. The van der Waals surface area contributed by atoms with E-state index in [0.717, 1.165) is 12.0 Å². The average Bonchev–Trinajstić information content (AvgIpc) is 2.33. The number of nitrogens with zero attached hydrogens (tertiary/aromatic N) is 1. The fourth-order valence-electron chi connectivity index (χ4n) is 1.74. The molecule has 0 fully saturated rings. The van der Waals surface area contributed by atoms with Gasteiger partial charge < -0.3 is 5.73 Å². The normalized spacial score (nSPS) is 10.9. The number of hydrogen-bond acceptors (Lipinski definition) is 2. The van der Waals surface area contributed by atoms with Gasteiger partial charge in [0.1, 0.15) is 0 Å². The Morgan fingerprint density at radius 1 is 1.35 bits per heavy atom. The van der Waals surface area contributed by atoms with Crippen LogP contribution in [-0.2, 0) is 6.42 Å². The molecule has 0 spiro atoms. The van der Waals surface area contributed by atoms with Crippen LogP contribution in [0.3, 0.4) is 0 Å². The molecule has 0 aliphatic heterocycles. The van der Waals surface area contributed by atoms with Crippen LogP contribution in [0.25, 0.3) is 0 Å². The lowest BCUT2D eigenvalue weighted by atomic mass is 9.86. The number of thiocarbonyl (C=S) groups is 1. The highest BCUT2D eigenvalue weighted by molar-refractivity contribution is 7.80. The summed E-state index contributed by atoms with van der Waals surface area (Å²) < 4.78 is 0. The highest BCUT2D eigenvalue weighted by atomic mass is 32.1. The maximum absolute atomic E-state index is 5.29. The first-order chi connectivity index (χ1) is 9.28. The van der Waals surface area contributed by atoms with E-state index < -0.39 is 0 Å². The molecule has 20 heavy (non-hydrogen) atoms. The van der Waals surface area contributed by atoms with Crippen LogP contribution in [0, 0.1) is 12.3 Å². The molecule has 0 atom stereocenters. The summed E-state index contributed by atoms with van der Waals surface area (Å²) in [7, 11) is 0. The average molecular weight is 293 g/mol. The molecule has 0 radical (unpaired) electrons. The van der Waals surface area contributed by atoms with Crippen molar-refractivity contribution in [2.45, 2.75) is 48.0 Å². The zero-order valence-corrected chi connectivity index (χ0v) is 14.3. The van der Waals surface area contributed by atoms with E-state index in [1.807, 2.05) is 13.8 Å². The highest BCUT2D eigenvalue weighted by Gasteiger charge is 2.12. The van der Waals surface area contributed by atoms with E-state index >= 15 is 0 Å². The number of hydrogen-bond donors (Lipinski definition) is 2. The largest absolute Gasteiger partial charge is 0.375 e. The Labute approximate surface area is 128 Å².